The molecule has 1 aliphatic rings. The summed E-state index contributed by atoms with van der Waals surface area (Å²) < 4.78 is 6.11. The molecule has 3 heteroatoms. The summed E-state index contributed by atoms with van der Waals surface area (Å²) in [7, 11) is -1.01. The summed E-state index contributed by atoms with van der Waals surface area (Å²) in [5.74, 6) is 0. The van der Waals surface area contributed by atoms with Gasteiger partial charge in [-0.15, -0.1) is 0 Å². The second kappa shape index (κ2) is 3.95. The Labute approximate surface area is 89.4 Å². The first-order valence-electron chi connectivity index (χ1n) is 5.58. The summed E-state index contributed by atoms with van der Waals surface area (Å²) in [5.41, 5.74) is 0.242. The van der Waals surface area contributed by atoms with Gasteiger partial charge in [0, 0.05) is 5.41 Å². The van der Waals surface area contributed by atoms with Crippen LogP contribution in [0.3, 0.4) is 0 Å². The zero-order valence-electron chi connectivity index (χ0n) is 10.1. The van der Waals surface area contributed by atoms with Gasteiger partial charge in [0.25, 0.3) is 0 Å². The van der Waals surface area contributed by atoms with E-state index in [0.717, 1.165) is 12.8 Å². The molecule has 0 heterocycles. The highest BCUT2D eigenvalue weighted by Gasteiger charge is 2.53. The normalized spacial score (nSPS) is 22.5. The summed E-state index contributed by atoms with van der Waals surface area (Å²) >= 11 is 0. The Bertz CT molecular complexity index is 192. The van der Waals surface area contributed by atoms with Crippen LogP contribution in [0.5, 0.6) is 0 Å². The van der Waals surface area contributed by atoms with Gasteiger partial charge in [0.05, 0.1) is 12.7 Å². The molecule has 0 amide bonds. The van der Waals surface area contributed by atoms with E-state index in [4.69, 9.17) is 4.43 Å². The van der Waals surface area contributed by atoms with Crippen LogP contribution in [0.4, 0.5) is 0 Å². The molecule has 84 valence electrons. The zero-order chi connectivity index (χ0) is 11.0. The molecule has 0 aliphatic heterocycles. The van der Waals surface area contributed by atoms with Crippen LogP contribution in [0, 0.1) is 10.8 Å². The van der Waals surface area contributed by atoms with Gasteiger partial charge in [-0.1, -0.05) is 20.8 Å². The van der Waals surface area contributed by atoms with Gasteiger partial charge < -0.3 is 9.53 Å². The van der Waals surface area contributed by atoms with Crippen LogP contribution in [0.2, 0.25) is 13.1 Å². The van der Waals surface area contributed by atoms with E-state index < -0.39 is 9.04 Å². The molecule has 1 aliphatic carbocycles. The molecule has 1 atom stereocenters. The molecule has 1 fully saturated rings. The molecule has 0 aromatic heterocycles. The number of hydrogen-bond acceptors (Lipinski definition) is 2. The van der Waals surface area contributed by atoms with Gasteiger partial charge in [-0.3, -0.25) is 0 Å². The third kappa shape index (κ3) is 2.58. The Balaban J connectivity index is 2.72. The van der Waals surface area contributed by atoms with Crippen molar-refractivity contribution in [3.8, 4) is 0 Å². The number of hydrogen-bond donors (Lipinski definition) is 1. The Morgan fingerprint density at radius 1 is 1.36 bits per heavy atom. The molecule has 0 radical (unpaired) electrons. The van der Waals surface area contributed by atoms with Crippen LogP contribution in [0.25, 0.3) is 0 Å². The first kappa shape index (κ1) is 12.2. The molecule has 0 spiro atoms. The average molecular weight is 216 g/mol. The summed E-state index contributed by atoms with van der Waals surface area (Å²) in [6, 6.07) is 0. The van der Waals surface area contributed by atoms with Gasteiger partial charge in [-0.25, -0.2) is 0 Å². The maximum atomic E-state index is 9.44. The van der Waals surface area contributed by atoms with Gasteiger partial charge in [-0.05, 0) is 31.4 Å². The van der Waals surface area contributed by atoms with Crippen LogP contribution >= 0.6 is 0 Å². The highest BCUT2D eigenvalue weighted by Crippen LogP contribution is 2.54. The van der Waals surface area contributed by atoms with E-state index in [0.29, 0.717) is 0 Å². The lowest BCUT2D eigenvalue weighted by Gasteiger charge is -2.38. The lowest BCUT2D eigenvalue weighted by Crippen LogP contribution is -2.42. The molecule has 1 saturated carbocycles. The van der Waals surface area contributed by atoms with Crippen molar-refractivity contribution in [3.05, 3.63) is 0 Å². The van der Waals surface area contributed by atoms with Crippen LogP contribution in [0.1, 0.15) is 33.6 Å². The second-order valence-electron chi connectivity index (χ2n) is 5.95. The molecule has 1 rings (SSSR count). The van der Waals surface area contributed by atoms with Crippen molar-refractivity contribution in [2.75, 3.05) is 6.61 Å². The van der Waals surface area contributed by atoms with E-state index in [2.05, 4.69) is 33.9 Å². The van der Waals surface area contributed by atoms with Crippen molar-refractivity contribution in [2.45, 2.75) is 52.8 Å². The largest absolute Gasteiger partial charge is 0.417 e. The number of aliphatic hydroxyl groups is 1. The molecule has 0 bridgehead atoms. The zero-order valence-corrected chi connectivity index (χ0v) is 11.3. The second-order valence-corrected chi connectivity index (χ2v) is 8.32. The van der Waals surface area contributed by atoms with Crippen LogP contribution in [-0.2, 0) is 4.43 Å². The smallest absolute Gasteiger partial charge is 0.171 e. The van der Waals surface area contributed by atoms with Crippen LogP contribution < -0.4 is 0 Å². The Morgan fingerprint density at radius 2 is 1.86 bits per heavy atom. The lowest BCUT2D eigenvalue weighted by atomic mass is 9.79. The fraction of sp³-hybridized carbons (Fsp3) is 1.00. The van der Waals surface area contributed by atoms with Crippen molar-refractivity contribution in [3.63, 3.8) is 0 Å². The maximum Gasteiger partial charge on any atom is 0.171 e. The molecular formula is C11H24O2Si. The van der Waals surface area contributed by atoms with Crippen molar-refractivity contribution < 1.29 is 9.53 Å². The molecule has 2 nitrogen and oxygen atoms in total. The van der Waals surface area contributed by atoms with E-state index in [-0.39, 0.29) is 23.5 Å². The Kier molecular flexibility index (Phi) is 3.44. The number of rotatable bonds is 4. The highest BCUT2D eigenvalue weighted by atomic mass is 28.3. The summed E-state index contributed by atoms with van der Waals surface area (Å²) in [5, 5.41) is 9.44. The van der Waals surface area contributed by atoms with Crippen molar-refractivity contribution >= 4 is 9.04 Å². The van der Waals surface area contributed by atoms with Gasteiger partial charge in [0.2, 0.25) is 0 Å². The molecule has 1 N–H and O–H groups in total. The van der Waals surface area contributed by atoms with Gasteiger partial charge in [0.15, 0.2) is 9.04 Å². The quantitative estimate of drug-likeness (QED) is 0.730. The standard InChI is InChI=1S/C11H24O2Si/c1-10(2,3)9(13-14(4)5)11(8-12)6-7-11/h9,12,14H,6-8H2,1-5H3. The summed E-state index contributed by atoms with van der Waals surface area (Å²) in [4.78, 5) is 0. The minimum atomic E-state index is -1.01. The van der Waals surface area contributed by atoms with E-state index in [1.807, 2.05) is 0 Å². The fourth-order valence-corrected chi connectivity index (χ4v) is 3.44. The molecule has 14 heavy (non-hydrogen) atoms. The van der Waals surface area contributed by atoms with Crippen molar-refractivity contribution in [2.24, 2.45) is 10.8 Å². The topological polar surface area (TPSA) is 29.5 Å². The highest BCUT2D eigenvalue weighted by molar-refractivity contribution is 6.48. The summed E-state index contributed by atoms with van der Waals surface area (Å²) in [6.07, 6.45) is 2.51. The molecule has 0 saturated heterocycles. The Hall–Kier alpha value is 0.137. The lowest BCUT2D eigenvalue weighted by molar-refractivity contribution is -0.00590. The van der Waals surface area contributed by atoms with Gasteiger partial charge in [0.1, 0.15) is 0 Å². The fourth-order valence-electron chi connectivity index (χ4n) is 2.20. The minimum Gasteiger partial charge on any atom is -0.417 e. The van der Waals surface area contributed by atoms with Gasteiger partial charge in [-0.2, -0.15) is 0 Å². The Morgan fingerprint density at radius 3 is 2.07 bits per heavy atom. The van der Waals surface area contributed by atoms with Crippen LogP contribution in [-0.4, -0.2) is 26.9 Å². The van der Waals surface area contributed by atoms with E-state index in [9.17, 15) is 5.11 Å². The minimum absolute atomic E-state index is 0.0928. The molecule has 0 aromatic rings. The maximum absolute atomic E-state index is 9.44. The van der Waals surface area contributed by atoms with Crippen molar-refractivity contribution in [1.29, 1.82) is 0 Å². The first-order valence-corrected chi connectivity index (χ1v) is 8.36. The van der Waals surface area contributed by atoms with Crippen LogP contribution in [0.15, 0.2) is 0 Å². The molecular weight excluding hydrogens is 192 g/mol. The number of aliphatic hydroxyl groups excluding tert-OH is 1. The third-order valence-corrected chi connectivity index (χ3v) is 3.77. The van der Waals surface area contributed by atoms with Crippen molar-refractivity contribution in [1.82, 2.24) is 0 Å². The average Bonchev–Trinajstić information content (AvgIpc) is 2.78. The predicted octanol–water partition coefficient (Wildman–Crippen LogP) is 2.17. The van der Waals surface area contributed by atoms with Gasteiger partial charge >= 0.3 is 0 Å². The summed E-state index contributed by atoms with van der Waals surface area (Å²) in [6.45, 7) is 11.3. The SMILES string of the molecule is C[SiH](C)OC(C(C)(C)C)C1(CO)CC1. The van der Waals surface area contributed by atoms with E-state index in [1.165, 1.54) is 0 Å². The van der Waals surface area contributed by atoms with E-state index in [1.54, 1.807) is 0 Å². The van der Waals surface area contributed by atoms with E-state index >= 15 is 0 Å². The predicted molar refractivity (Wildman–Crippen MR) is 62.0 cm³/mol. The monoisotopic (exact) mass is 216 g/mol. The third-order valence-electron chi connectivity index (χ3n) is 2.96. The molecule has 1 unspecified atom stereocenters. The first-order chi connectivity index (χ1) is 6.32. The molecule has 0 aromatic carbocycles.